The van der Waals surface area contributed by atoms with E-state index in [4.69, 9.17) is 0 Å². The van der Waals surface area contributed by atoms with E-state index in [1.165, 1.54) is 64.8 Å². The van der Waals surface area contributed by atoms with Crippen LogP contribution < -0.4 is 16.8 Å². The first-order chi connectivity index (χ1) is 18.5. The van der Waals surface area contributed by atoms with Gasteiger partial charge in [0.15, 0.2) is 0 Å². The van der Waals surface area contributed by atoms with Crippen molar-refractivity contribution in [3.8, 4) is 5.82 Å². The Labute approximate surface area is 221 Å². The Hall–Kier alpha value is -3.07. The summed E-state index contributed by atoms with van der Waals surface area (Å²) in [4.78, 5) is 46.3. The van der Waals surface area contributed by atoms with Gasteiger partial charge in [-0.1, -0.05) is 37.8 Å². The second-order valence-corrected chi connectivity index (χ2v) is 12.2. The third-order valence-electron chi connectivity index (χ3n) is 9.96. The summed E-state index contributed by atoms with van der Waals surface area (Å²) < 4.78 is 3.80. The molecule has 4 unspecified atom stereocenters. The zero-order chi connectivity index (χ0) is 26.0. The Kier molecular flexibility index (Phi) is 5.87. The van der Waals surface area contributed by atoms with Crippen molar-refractivity contribution < 1.29 is 0 Å². The molecule has 2 saturated heterocycles. The number of piperidine rings is 1. The van der Waals surface area contributed by atoms with Crippen LogP contribution in [0.3, 0.4) is 0 Å². The zero-order valence-corrected chi connectivity index (χ0v) is 22.0. The van der Waals surface area contributed by atoms with Gasteiger partial charge in [-0.15, -0.1) is 0 Å². The molecular weight excluding hydrogens is 480 g/mol. The topological polar surface area (TPSA) is 95.0 Å². The van der Waals surface area contributed by atoms with Gasteiger partial charge < -0.3 is 4.57 Å². The molecule has 0 amide bonds. The van der Waals surface area contributed by atoms with Gasteiger partial charge in [-0.2, -0.15) is 9.78 Å². The van der Waals surface area contributed by atoms with E-state index in [0.29, 0.717) is 23.6 Å². The molecule has 0 radical (unpaired) electrons. The van der Waals surface area contributed by atoms with E-state index >= 15 is 0 Å². The summed E-state index contributed by atoms with van der Waals surface area (Å²) in [6.07, 6.45) is 15.0. The van der Waals surface area contributed by atoms with Crippen molar-refractivity contribution >= 4 is 11.0 Å². The minimum absolute atomic E-state index is 0.0389. The van der Waals surface area contributed by atoms with E-state index in [1.807, 2.05) is 28.8 Å². The molecule has 4 aliphatic rings. The molecule has 9 nitrogen and oxygen atoms in total. The maximum absolute atomic E-state index is 14.0. The molecule has 4 atom stereocenters. The standard InChI is InChI=1S/C29H36N6O3/c1-32-26(36)17-30-35(29(32)38)27-28(37)34(25-9-5-4-8-24(25)31-27)23-15-20-10-11-21(16-23)33(20)22-13-18-6-2-3-7-19(12-18)14-22/h4-5,8-9,17-23H,2-3,6-7,10-16H2,1H3. The van der Waals surface area contributed by atoms with Crippen molar-refractivity contribution in [1.29, 1.82) is 0 Å². The predicted octanol–water partition coefficient (Wildman–Crippen LogP) is 3.17. The van der Waals surface area contributed by atoms with Crippen molar-refractivity contribution in [2.24, 2.45) is 18.9 Å². The van der Waals surface area contributed by atoms with Gasteiger partial charge in [0, 0.05) is 31.2 Å². The summed E-state index contributed by atoms with van der Waals surface area (Å²) in [7, 11) is 1.39. The monoisotopic (exact) mass is 516 g/mol. The number of fused-ring (bicyclic) bond motifs is 5. The number of hydrogen-bond acceptors (Lipinski definition) is 6. The van der Waals surface area contributed by atoms with Crippen LogP contribution in [0.2, 0.25) is 0 Å². The molecule has 1 aromatic carbocycles. The van der Waals surface area contributed by atoms with Crippen LogP contribution in [-0.2, 0) is 7.05 Å². The van der Waals surface area contributed by atoms with Crippen LogP contribution in [0.25, 0.3) is 16.9 Å². The lowest BCUT2D eigenvalue weighted by Gasteiger charge is -2.48. The van der Waals surface area contributed by atoms with Gasteiger partial charge in [0.05, 0.1) is 11.0 Å². The largest absolute Gasteiger partial charge is 0.353 e. The van der Waals surface area contributed by atoms with Gasteiger partial charge in [0.2, 0.25) is 5.82 Å². The van der Waals surface area contributed by atoms with E-state index in [9.17, 15) is 14.4 Å². The minimum Gasteiger partial charge on any atom is -0.300 e. The lowest BCUT2D eigenvalue weighted by atomic mass is 9.76. The van der Waals surface area contributed by atoms with Crippen molar-refractivity contribution in [2.75, 3.05) is 0 Å². The fraction of sp³-hybridized carbons (Fsp3) is 0.621. The Morgan fingerprint density at radius 3 is 2.18 bits per heavy atom. The first-order valence-corrected chi connectivity index (χ1v) is 14.4. The number of aromatic nitrogens is 5. The lowest BCUT2D eigenvalue weighted by molar-refractivity contribution is 0.0204. The molecular formula is C29H36N6O3. The molecule has 4 heterocycles. The second-order valence-electron chi connectivity index (χ2n) is 12.2. The molecule has 2 aliphatic heterocycles. The Morgan fingerprint density at radius 1 is 0.789 bits per heavy atom. The summed E-state index contributed by atoms with van der Waals surface area (Å²) in [6, 6.07) is 9.35. The maximum Gasteiger partial charge on any atom is 0.353 e. The van der Waals surface area contributed by atoms with Gasteiger partial charge >= 0.3 is 5.69 Å². The van der Waals surface area contributed by atoms with Crippen molar-refractivity contribution in [3.05, 3.63) is 61.7 Å². The summed E-state index contributed by atoms with van der Waals surface area (Å²) in [5.41, 5.74) is -0.0635. The lowest BCUT2D eigenvalue weighted by Crippen LogP contribution is -2.52. The van der Waals surface area contributed by atoms with Crippen molar-refractivity contribution in [3.63, 3.8) is 0 Å². The van der Waals surface area contributed by atoms with Crippen LogP contribution in [0.1, 0.15) is 76.7 Å². The third-order valence-corrected chi connectivity index (χ3v) is 9.96. The van der Waals surface area contributed by atoms with Crippen LogP contribution in [0.5, 0.6) is 0 Å². The van der Waals surface area contributed by atoms with Gasteiger partial charge in [-0.25, -0.2) is 9.78 Å². The maximum atomic E-state index is 14.0. The SMILES string of the molecule is Cn1c(=O)cnn(-c2nc3ccccc3n(C3CC4CCC(C3)N4C3CC4CCCCC(C4)C3)c2=O)c1=O. The fourth-order valence-electron chi connectivity index (χ4n) is 8.37. The molecule has 7 rings (SSSR count). The highest BCUT2D eigenvalue weighted by Crippen LogP contribution is 2.47. The number of benzene rings is 1. The Bertz CT molecular complexity index is 1530. The minimum atomic E-state index is -0.669. The molecule has 2 aromatic heterocycles. The van der Waals surface area contributed by atoms with Crippen LogP contribution in [-0.4, -0.2) is 46.9 Å². The Morgan fingerprint density at radius 2 is 1.47 bits per heavy atom. The van der Waals surface area contributed by atoms with Crippen molar-refractivity contribution in [1.82, 2.24) is 28.8 Å². The van der Waals surface area contributed by atoms with Gasteiger partial charge in [-0.3, -0.25) is 19.1 Å². The predicted molar refractivity (Wildman–Crippen MR) is 145 cm³/mol. The molecule has 2 aliphatic carbocycles. The van der Waals surface area contributed by atoms with Crippen molar-refractivity contribution in [2.45, 2.75) is 94.8 Å². The molecule has 0 spiro atoms. The van der Waals surface area contributed by atoms with Gasteiger partial charge in [-0.05, 0) is 68.9 Å². The summed E-state index contributed by atoms with van der Waals surface area (Å²) >= 11 is 0. The van der Waals surface area contributed by atoms with Crippen LogP contribution in [0.4, 0.5) is 0 Å². The molecule has 38 heavy (non-hydrogen) atoms. The first-order valence-electron chi connectivity index (χ1n) is 14.4. The Balaban J connectivity index is 1.26. The van der Waals surface area contributed by atoms with E-state index in [0.717, 1.165) is 45.6 Å². The normalized spacial score (nSPS) is 31.4. The molecule has 4 fully saturated rings. The quantitative estimate of drug-likeness (QED) is 0.531. The van der Waals surface area contributed by atoms with E-state index < -0.39 is 11.2 Å². The van der Waals surface area contributed by atoms with E-state index in [1.54, 1.807) is 0 Å². The average Bonchev–Trinajstić information content (AvgIpc) is 3.07. The molecule has 200 valence electrons. The molecule has 0 N–H and O–H groups in total. The highest BCUT2D eigenvalue weighted by atomic mass is 16.2. The number of para-hydroxylation sites is 2. The van der Waals surface area contributed by atoms with Crippen LogP contribution in [0.15, 0.2) is 44.8 Å². The highest BCUT2D eigenvalue weighted by Gasteiger charge is 2.47. The van der Waals surface area contributed by atoms with Crippen LogP contribution in [0, 0.1) is 11.8 Å². The first kappa shape index (κ1) is 24.0. The summed E-state index contributed by atoms with van der Waals surface area (Å²) in [5.74, 6) is 1.73. The second kappa shape index (κ2) is 9.29. The van der Waals surface area contributed by atoms with Gasteiger partial charge in [0.1, 0.15) is 6.20 Å². The average molecular weight is 517 g/mol. The number of rotatable bonds is 3. The fourth-order valence-corrected chi connectivity index (χ4v) is 8.37. The molecule has 2 saturated carbocycles. The van der Waals surface area contributed by atoms with E-state index in [2.05, 4.69) is 15.0 Å². The number of hydrogen-bond donors (Lipinski definition) is 0. The molecule has 9 heteroatoms. The van der Waals surface area contributed by atoms with E-state index in [-0.39, 0.29) is 17.4 Å². The molecule has 4 bridgehead atoms. The summed E-state index contributed by atoms with van der Waals surface area (Å²) in [6.45, 7) is 0. The van der Waals surface area contributed by atoms with Crippen LogP contribution >= 0.6 is 0 Å². The smallest absolute Gasteiger partial charge is 0.300 e. The zero-order valence-electron chi connectivity index (χ0n) is 22.0. The third kappa shape index (κ3) is 3.89. The number of nitrogens with zero attached hydrogens (tertiary/aromatic N) is 6. The summed E-state index contributed by atoms with van der Waals surface area (Å²) in [5, 5.41) is 4.00. The molecule has 3 aromatic rings. The van der Waals surface area contributed by atoms with Gasteiger partial charge in [0.25, 0.3) is 11.1 Å². The highest BCUT2D eigenvalue weighted by molar-refractivity contribution is 5.75.